The molecule has 0 bridgehead atoms. The number of non-ortho nitro benzene ring substituents is 1. The molecule has 0 saturated carbocycles. The van der Waals surface area contributed by atoms with Gasteiger partial charge in [0, 0.05) is 23.4 Å². The number of hydrogen-bond acceptors (Lipinski definition) is 5. The fourth-order valence-corrected chi connectivity index (χ4v) is 2.00. The van der Waals surface area contributed by atoms with E-state index in [1.54, 1.807) is 18.2 Å². The SMILES string of the molecule is Cc1cccc(NC(=O)C(=O)N/N=C\c2cccc([N+](=O)[O-])c2)c1C. The molecule has 0 fully saturated rings. The lowest BCUT2D eigenvalue weighted by Gasteiger charge is -2.09. The molecule has 0 unspecified atom stereocenters. The van der Waals surface area contributed by atoms with E-state index in [-0.39, 0.29) is 5.69 Å². The summed E-state index contributed by atoms with van der Waals surface area (Å²) in [5.41, 5.74) is 4.81. The minimum Gasteiger partial charge on any atom is -0.317 e. The van der Waals surface area contributed by atoms with E-state index in [2.05, 4.69) is 15.8 Å². The molecular formula is C17H16N4O4. The van der Waals surface area contributed by atoms with Crippen molar-refractivity contribution in [2.24, 2.45) is 5.10 Å². The van der Waals surface area contributed by atoms with Gasteiger partial charge in [0.25, 0.3) is 5.69 Å². The minimum atomic E-state index is -0.942. The van der Waals surface area contributed by atoms with Gasteiger partial charge in [-0.15, -0.1) is 0 Å². The van der Waals surface area contributed by atoms with Gasteiger partial charge in [0.05, 0.1) is 11.1 Å². The highest BCUT2D eigenvalue weighted by atomic mass is 16.6. The second-order valence-electron chi connectivity index (χ2n) is 5.25. The van der Waals surface area contributed by atoms with Gasteiger partial charge in [-0.3, -0.25) is 19.7 Å². The van der Waals surface area contributed by atoms with E-state index in [0.717, 1.165) is 11.1 Å². The number of benzene rings is 2. The van der Waals surface area contributed by atoms with Gasteiger partial charge >= 0.3 is 11.8 Å². The third-order valence-corrected chi connectivity index (χ3v) is 3.52. The van der Waals surface area contributed by atoms with Gasteiger partial charge in [-0.25, -0.2) is 5.43 Å². The van der Waals surface area contributed by atoms with E-state index < -0.39 is 16.7 Å². The van der Waals surface area contributed by atoms with Crippen LogP contribution in [-0.2, 0) is 9.59 Å². The minimum absolute atomic E-state index is 0.0945. The van der Waals surface area contributed by atoms with Crippen molar-refractivity contribution >= 4 is 29.4 Å². The Bertz CT molecular complexity index is 861. The van der Waals surface area contributed by atoms with E-state index in [9.17, 15) is 19.7 Å². The van der Waals surface area contributed by atoms with Gasteiger partial charge in [-0.1, -0.05) is 24.3 Å². The molecule has 0 saturated heterocycles. The Morgan fingerprint density at radius 1 is 1.12 bits per heavy atom. The van der Waals surface area contributed by atoms with Crippen molar-refractivity contribution in [2.75, 3.05) is 5.32 Å². The Labute approximate surface area is 143 Å². The molecule has 0 aliphatic rings. The summed E-state index contributed by atoms with van der Waals surface area (Å²) in [5.74, 6) is -1.80. The van der Waals surface area contributed by atoms with Crippen molar-refractivity contribution in [3.63, 3.8) is 0 Å². The van der Waals surface area contributed by atoms with Crippen LogP contribution in [-0.4, -0.2) is 23.0 Å². The normalized spacial score (nSPS) is 10.5. The topological polar surface area (TPSA) is 114 Å². The van der Waals surface area contributed by atoms with Crippen LogP contribution in [0, 0.1) is 24.0 Å². The number of hydrazone groups is 1. The van der Waals surface area contributed by atoms with Crippen LogP contribution in [0.2, 0.25) is 0 Å². The van der Waals surface area contributed by atoms with Crippen molar-refractivity contribution in [3.05, 3.63) is 69.3 Å². The van der Waals surface area contributed by atoms with Crippen molar-refractivity contribution in [2.45, 2.75) is 13.8 Å². The number of nitro benzene ring substituents is 1. The van der Waals surface area contributed by atoms with Crippen LogP contribution in [0.1, 0.15) is 16.7 Å². The predicted molar refractivity (Wildman–Crippen MR) is 93.4 cm³/mol. The van der Waals surface area contributed by atoms with Crippen LogP contribution in [0.3, 0.4) is 0 Å². The average Bonchev–Trinajstić information content (AvgIpc) is 2.59. The Morgan fingerprint density at radius 3 is 2.56 bits per heavy atom. The lowest BCUT2D eigenvalue weighted by molar-refractivity contribution is -0.384. The van der Waals surface area contributed by atoms with Gasteiger partial charge in [-0.2, -0.15) is 5.10 Å². The van der Waals surface area contributed by atoms with Crippen molar-refractivity contribution in [1.82, 2.24) is 5.43 Å². The Balaban J connectivity index is 1.97. The van der Waals surface area contributed by atoms with Crippen molar-refractivity contribution in [1.29, 1.82) is 0 Å². The zero-order chi connectivity index (χ0) is 18.4. The molecule has 2 aromatic rings. The van der Waals surface area contributed by atoms with E-state index in [1.165, 1.54) is 24.4 Å². The molecule has 0 aliphatic heterocycles. The lowest BCUT2D eigenvalue weighted by atomic mass is 10.1. The Hall–Kier alpha value is -3.55. The third kappa shape index (κ3) is 4.71. The number of hydrogen-bond donors (Lipinski definition) is 2. The molecule has 2 amide bonds. The van der Waals surface area contributed by atoms with Gasteiger partial charge in [0.15, 0.2) is 0 Å². The maximum Gasteiger partial charge on any atom is 0.329 e. The summed E-state index contributed by atoms with van der Waals surface area (Å²) in [6.45, 7) is 3.73. The first-order valence-electron chi connectivity index (χ1n) is 7.33. The summed E-state index contributed by atoms with van der Waals surface area (Å²) in [5, 5.41) is 16.8. The Kier molecular flexibility index (Phi) is 5.57. The smallest absolute Gasteiger partial charge is 0.317 e. The van der Waals surface area contributed by atoms with Gasteiger partial charge < -0.3 is 5.32 Å². The number of nitrogens with one attached hydrogen (secondary N) is 2. The fraction of sp³-hybridized carbons (Fsp3) is 0.118. The average molecular weight is 340 g/mol. The number of aryl methyl sites for hydroxylation is 1. The Morgan fingerprint density at radius 2 is 1.84 bits per heavy atom. The number of rotatable bonds is 4. The first kappa shape index (κ1) is 17.8. The maximum absolute atomic E-state index is 11.9. The van der Waals surface area contributed by atoms with Crippen LogP contribution in [0.5, 0.6) is 0 Å². The number of carbonyl (C=O) groups excluding carboxylic acids is 2. The van der Waals surface area contributed by atoms with Crippen LogP contribution in [0.15, 0.2) is 47.6 Å². The van der Waals surface area contributed by atoms with Gasteiger partial charge in [-0.05, 0) is 31.0 Å². The van der Waals surface area contributed by atoms with Gasteiger partial charge in [0.1, 0.15) is 0 Å². The van der Waals surface area contributed by atoms with E-state index in [4.69, 9.17) is 0 Å². The molecule has 2 N–H and O–H groups in total. The maximum atomic E-state index is 11.9. The summed E-state index contributed by atoms with van der Waals surface area (Å²) in [7, 11) is 0. The summed E-state index contributed by atoms with van der Waals surface area (Å²) in [6.07, 6.45) is 1.22. The van der Waals surface area contributed by atoms with Crippen LogP contribution >= 0.6 is 0 Å². The number of nitro groups is 1. The monoisotopic (exact) mass is 340 g/mol. The largest absolute Gasteiger partial charge is 0.329 e. The summed E-state index contributed by atoms with van der Waals surface area (Å²) >= 11 is 0. The van der Waals surface area contributed by atoms with Gasteiger partial charge in [0.2, 0.25) is 0 Å². The number of amides is 2. The molecule has 2 aromatic carbocycles. The zero-order valence-electron chi connectivity index (χ0n) is 13.6. The van der Waals surface area contributed by atoms with E-state index in [0.29, 0.717) is 11.3 Å². The van der Waals surface area contributed by atoms with E-state index in [1.807, 2.05) is 19.9 Å². The molecule has 8 nitrogen and oxygen atoms in total. The summed E-state index contributed by atoms with van der Waals surface area (Å²) in [6, 6.07) is 11.1. The van der Waals surface area contributed by atoms with Crippen LogP contribution in [0.25, 0.3) is 0 Å². The first-order valence-corrected chi connectivity index (χ1v) is 7.33. The lowest BCUT2D eigenvalue weighted by Crippen LogP contribution is -2.32. The molecule has 2 rings (SSSR count). The molecule has 128 valence electrons. The standard InChI is InChI=1S/C17H16N4O4/c1-11-5-3-8-15(12(11)2)19-16(22)17(23)20-18-10-13-6-4-7-14(9-13)21(24)25/h3-10H,1-2H3,(H,19,22)(H,20,23)/b18-10-. The highest BCUT2D eigenvalue weighted by Crippen LogP contribution is 2.17. The van der Waals surface area contributed by atoms with Crippen molar-refractivity contribution in [3.8, 4) is 0 Å². The second kappa shape index (κ2) is 7.82. The highest BCUT2D eigenvalue weighted by Gasteiger charge is 2.14. The molecule has 0 heterocycles. The molecule has 25 heavy (non-hydrogen) atoms. The zero-order valence-corrected chi connectivity index (χ0v) is 13.6. The molecule has 0 atom stereocenters. The summed E-state index contributed by atoms with van der Waals surface area (Å²) < 4.78 is 0. The number of anilines is 1. The van der Waals surface area contributed by atoms with Crippen molar-refractivity contribution < 1.29 is 14.5 Å². The molecule has 0 spiro atoms. The third-order valence-electron chi connectivity index (χ3n) is 3.52. The van der Waals surface area contributed by atoms with Crippen LogP contribution < -0.4 is 10.7 Å². The first-order chi connectivity index (χ1) is 11.9. The number of carbonyl (C=O) groups is 2. The van der Waals surface area contributed by atoms with Crippen LogP contribution in [0.4, 0.5) is 11.4 Å². The molecular weight excluding hydrogens is 324 g/mol. The quantitative estimate of drug-likeness (QED) is 0.385. The second-order valence-corrected chi connectivity index (χ2v) is 5.25. The number of nitrogens with zero attached hydrogens (tertiary/aromatic N) is 2. The molecule has 0 aromatic heterocycles. The predicted octanol–water partition coefficient (Wildman–Crippen LogP) is 2.30. The fourth-order valence-electron chi connectivity index (χ4n) is 2.00. The van der Waals surface area contributed by atoms with E-state index >= 15 is 0 Å². The molecule has 8 heteroatoms. The highest BCUT2D eigenvalue weighted by molar-refractivity contribution is 6.39. The summed E-state index contributed by atoms with van der Waals surface area (Å²) in [4.78, 5) is 33.8. The molecule has 0 radical (unpaired) electrons. The molecule has 0 aliphatic carbocycles.